The van der Waals surface area contributed by atoms with Gasteiger partial charge in [-0.05, 0) is 34.7 Å². The van der Waals surface area contributed by atoms with Gasteiger partial charge in [0.05, 0.1) is 11.4 Å². The first-order valence-corrected chi connectivity index (χ1v) is 8.85. The molecule has 2 aromatic carbocycles. The summed E-state index contributed by atoms with van der Waals surface area (Å²) < 4.78 is 3.30. The molecule has 8 nitrogen and oxygen atoms in total. The molecule has 5 rings (SSSR count). The molecule has 0 amide bonds. The summed E-state index contributed by atoms with van der Waals surface area (Å²) in [5, 5.41) is 23.8. The van der Waals surface area contributed by atoms with Crippen LogP contribution in [0.25, 0.3) is 22.6 Å². The highest BCUT2D eigenvalue weighted by atomic mass is 15.6. The average Bonchev–Trinajstić information content (AvgIpc) is 3.40. The van der Waals surface area contributed by atoms with Crippen LogP contribution >= 0.6 is 0 Å². The van der Waals surface area contributed by atoms with Crippen molar-refractivity contribution in [2.45, 2.75) is 6.54 Å². The predicted molar refractivity (Wildman–Crippen MR) is 105 cm³/mol. The van der Waals surface area contributed by atoms with Crippen LogP contribution in [0.3, 0.4) is 0 Å². The summed E-state index contributed by atoms with van der Waals surface area (Å²) in [5.41, 5.74) is 4.68. The van der Waals surface area contributed by atoms with E-state index in [1.807, 2.05) is 71.5 Å². The van der Waals surface area contributed by atoms with Crippen molar-refractivity contribution in [3.8, 4) is 16.9 Å². The second kappa shape index (κ2) is 6.92. The normalized spacial score (nSPS) is 11.0. The van der Waals surface area contributed by atoms with E-state index < -0.39 is 0 Å². The van der Waals surface area contributed by atoms with Crippen LogP contribution in [-0.2, 0) is 6.54 Å². The maximum absolute atomic E-state index is 4.82. The van der Waals surface area contributed by atoms with Crippen molar-refractivity contribution >= 4 is 11.5 Å². The van der Waals surface area contributed by atoms with E-state index in [2.05, 4.69) is 38.1 Å². The molecule has 0 aliphatic carbocycles. The van der Waals surface area contributed by atoms with Crippen LogP contribution in [0.1, 0.15) is 5.56 Å². The molecule has 0 radical (unpaired) electrons. The Kier molecular flexibility index (Phi) is 3.98. The first-order chi connectivity index (χ1) is 13.9. The Balaban J connectivity index is 1.49. The quantitative estimate of drug-likeness (QED) is 0.513. The molecule has 0 atom stereocenters. The zero-order valence-electron chi connectivity index (χ0n) is 14.8. The average molecular weight is 368 g/mol. The Morgan fingerprint density at radius 2 is 1.61 bits per heavy atom. The lowest BCUT2D eigenvalue weighted by molar-refractivity contribution is 0.734. The lowest BCUT2D eigenvalue weighted by atomic mass is 10.1. The summed E-state index contributed by atoms with van der Waals surface area (Å²) >= 11 is 0. The highest BCUT2D eigenvalue weighted by Gasteiger charge is 2.12. The van der Waals surface area contributed by atoms with Crippen molar-refractivity contribution in [3.05, 3.63) is 84.6 Å². The minimum absolute atomic E-state index is 0.567. The smallest absolute Gasteiger partial charge is 0.200 e. The van der Waals surface area contributed by atoms with E-state index in [4.69, 9.17) is 5.10 Å². The van der Waals surface area contributed by atoms with Crippen LogP contribution in [0, 0.1) is 0 Å². The van der Waals surface area contributed by atoms with Crippen molar-refractivity contribution in [1.29, 1.82) is 0 Å². The van der Waals surface area contributed by atoms with E-state index in [-0.39, 0.29) is 0 Å². The fraction of sp³-hybridized carbons (Fsp3) is 0.0500. The van der Waals surface area contributed by atoms with Gasteiger partial charge in [0.2, 0.25) is 0 Å². The van der Waals surface area contributed by atoms with Gasteiger partial charge in [-0.25, -0.2) is 4.68 Å². The fourth-order valence-electron chi connectivity index (χ4n) is 3.02. The number of tetrazole rings is 1. The van der Waals surface area contributed by atoms with Crippen molar-refractivity contribution < 1.29 is 0 Å². The van der Waals surface area contributed by atoms with Gasteiger partial charge in [0.25, 0.3) is 0 Å². The van der Waals surface area contributed by atoms with Gasteiger partial charge in [0.15, 0.2) is 5.65 Å². The van der Waals surface area contributed by atoms with Gasteiger partial charge in [-0.15, -0.1) is 14.8 Å². The number of benzene rings is 2. The third kappa shape index (κ3) is 3.07. The molecule has 0 saturated carbocycles. The summed E-state index contributed by atoms with van der Waals surface area (Å²) in [4.78, 5) is 0. The molecule has 28 heavy (non-hydrogen) atoms. The number of para-hydroxylation sites is 1. The molecule has 136 valence electrons. The van der Waals surface area contributed by atoms with E-state index >= 15 is 0 Å². The number of aromatic nitrogens is 7. The first-order valence-electron chi connectivity index (χ1n) is 8.85. The lowest BCUT2D eigenvalue weighted by Gasteiger charge is -2.05. The van der Waals surface area contributed by atoms with Crippen LogP contribution < -0.4 is 5.32 Å². The summed E-state index contributed by atoms with van der Waals surface area (Å²) in [7, 11) is 0. The second-order valence-electron chi connectivity index (χ2n) is 6.25. The molecule has 0 unspecified atom stereocenters. The summed E-state index contributed by atoms with van der Waals surface area (Å²) in [5.74, 6) is 0.686. The van der Waals surface area contributed by atoms with E-state index in [9.17, 15) is 0 Å². The van der Waals surface area contributed by atoms with Gasteiger partial charge in [0, 0.05) is 23.9 Å². The molecular weight excluding hydrogens is 352 g/mol. The third-order valence-corrected chi connectivity index (χ3v) is 4.39. The monoisotopic (exact) mass is 368 g/mol. The maximum Gasteiger partial charge on any atom is 0.200 e. The van der Waals surface area contributed by atoms with Crippen molar-refractivity contribution in [2.75, 3.05) is 5.32 Å². The minimum Gasteiger partial charge on any atom is -0.364 e. The van der Waals surface area contributed by atoms with Crippen LogP contribution in [0.15, 0.2) is 79.0 Å². The molecule has 0 spiro atoms. The van der Waals surface area contributed by atoms with Gasteiger partial charge in [-0.1, -0.05) is 48.5 Å². The second-order valence-corrected chi connectivity index (χ2v) is 6.25. The largest absolute Gasteiger partial charge is 0.364 e. The molecule has 0 bridgehead atoms. The van der Waals surface area contributed by atoms with E-state index in [1.54, 1.807) is 0 Å². The first kappa shape index (κ1) is 16.1. The molecule has 8 heteroatoms. The molecule has 0 aliphatic rings. The Bertz CT molecular complexity index is 1210. The van der Waals surface area contributed by atoms with Gasteiger partial charge in [-0.3, -0.25) is 0 Å². The molecule has 3 aromatic heterocycles. The summed E-state index contributed by atoms with van der Waals surface area (Å²) in [6.07, 6.45) is 2.04. The zero-order valence-corrected chi connectivity index (χ0v) is 14.8. The number of rotatable bonds is 5. The van der Waals surface area contributed by atoms with Crippen LogP contribution in [0.5, 0.6) is 0 Å². The van der Waals surface area contributed by atoms with Crippen LogP contribution in [0.2, 0.25) is 0 Å². The van der Waals surface area contributed by atoms with E-state index in [0.29, 0.717) is 18.0 Å². The van der Waals surface area contributed by atoms with Gasteiger partial charge >= 0.3 is 0 Å². The lowest BCUT2D eigenvalue weighted by Crippen LogP contribution is -2.05. The zero-order chi connectivity index (χ0) is 18.8. The highest BCUT2D eigenvalue weighted by Crippen LogP contribution is 2.24. The minimum atomic E-state index is 0.567. The summed E-state index contributed by atoms with van der Waals surface area (Å²) in [6, 6.07) is 23.9. The Labute approximate surface area is 160 Å². The fourth-order valence-corrected chi connectivity index (χ4v) is 3.02. The Hall–Kier alpha value is -4.07. The van der Waals surface area contributed by atoms with Crippen LogP contribution in [-0.4, -0.2) is 35.0 Å². The molecular formula is C20H16N8. The predicted octanol–water partition coefficient (Wildman–Crippen LogP) is 2.98. The SMILES string of the molecule is c1ccc(-c2nn(-c3ccccc3)cc2CNc2ccc3nnnn3n2)cc1. The number of fused-ring (bicyclic) bond motifs is 1. The Morgan fingerprint density at radius 1 is 0.821 bits per heavy atom. The number of anilines is 1. The number of hydrogen-bond donors (Lipinski definition) is 1. The van der Waals surface area contributed by atoms with E-state index in [0.717, 1.165) is 22.5 Å². The van der Waals surface area contributed by atoms with Crippen molar-refractivity contribution in [2.24, 2.45) is 0 Å². The van der Waals surface area contributed by atoms with Gasteiger partial charge in [0.1, 0.15) is 5.82 Å². The maximum atomic E-state index is 4.82. The molecule has 1 N–H and O–H groups in total. The van der Waals surface area contributed by atoms with Crippen LogP contribution in [0.4, 0.5) is 5.82 Å². The third-order valence-electron chi connectivity index (χ3n) is 4.39. The van der Waals surface area contributed by atoms with Gasteiger partial charge < -0.3 is 5.32 Å². The molecule has 0 aliphatic heterocycles. The molecule has 3 heterocycles. The molecule has 5 aromatic rings. The van der Waals surface area contributed by atoms with E-state index in [1.165, 1.54) is 4.63 Å². The topological polar surface area (TPSA) is 85.8 Å². The Morgan fingerprint density at radius 3 is 2.43 bits per heavy atom. The number of nitrogens with zero attached hydrogens (tertiary/aromatic N) is 7. The standard InChI is InChI=1S/C20H16N8/c1-3-7-15(8-4-1)20-16(14-27(24-20)17-9-5-2-6-10-17)13-21-18-11-12-19-22-25-26-28(19)23-18/h1-12,14H,13H2,(H,21,23). The summed E-state index contributed by atoms with van der Waals surface area (Å²) in [6.45, 7) is 0.567. The highest BCUT2D eigenvalue weighted by molar-refractivity contribution is 5.63. The van der Waals surface area contributed by atoms with Crippen molar-refractivity contribution in [3.63, 3.8) is 0 Å². The molecule has 0 saturated heterocycles. The molecule has 0 fully saturated rings. The van der Waals surface area contributed by atoms with Crippen molar-refractivity contribution in [1.82, 2.24) is 35.0 Å². The van der Waals surface area contributed by atoms with Gasteiger partial charge in [-0.2, -0.15) is 5.10 Å². The number of nitrogens with one attached hydrogen (secondary N) is 1. The number of hydrogen-bond acceptors (Lipinski definition) is 6.